The number of carboxylic acid groups (broad SMARTS) is 1. The highest BCUT2D eigenvalue weighted by molar-refractivity contribution is 7.92. The second-order valence-electron chi connectivity index (χ2n) is 21.3. The Morgan fingerprint density at radius 2 is 0.873 bits per heavy atom. The zero-order valence-electron chi connectivity index (χ0n) is 54.9. The van der Waals surface area contributed by atoms with Gasteiger partial charge in [0.25, 0.3) is 16.7 Å². The lowest BCUT2D eigenvalue weighted by Gasteiger charge is -2.22. The van der Waals surface area contributed by atoms with Crippen molar-refractivity contribution < 1.29 is 42.3 Å². The van der Waals surface area contributed by atoms with E-state index in [0.717, 1.165) is 85.7 Å². The van der Waals surface area contributed by atoms with Gasteiger partial charge in [-0.2, -0.15) is 0 Å². The minimum absolute atomic E-state index is 0.0460. The molecule has 0 rings (SSSR count). The summed E-state index contributed by atoms with van der Waals surface area (Å²) in [5, 5.41) is 17.4. The Balaban J connectivity index is -0.00000129. The summed E-state index contributed by atoms with van der Waals surface area (Å²) in [5.74, 6) is -1.16. The molecule has 0 bridgehead atoms. The van der Waals surface area contributed by atoms with Crippen LogP contribution < -0.4 is 21.7 Å². The van der Waals surface area contributed by atoms with Gasteiger partial charge in [0, 0.05) is 50.1 Å². The maximum atomic E-state index is 12.7. The summed E-state index contributed by atoms with van der Waals surface area (Å²) in [7, 11) is 3.40. The van der Waals surface area contributed by atoms with Crippen molar-refractivity contribution in [2.75, 3.05) is 26.4 Å². The Hall–Kier alpha value is -0.226. The minimum Gasteiger partial charge on any atom is -0.481 e. The van der Waals surface area contributed by atoms with Gasteiger partial charge in [-0.15, -0.1) is 15.9 Å². The Morgan fingerprint density at radius 3 is 1.20 bits per heavy atom. The number of carbonyl (C=O) groups excluding carboxylic acids is 3. The van der Waals surface area contributed by atoms with E-state index in [4.69, 9.17) is 40.2 Å². The van der Waals surface area contributed by atoms with Crippen LogP contribution in [0.2, 0.25) is 12.1 Å². The maximum Gasteiger partial charge on any atom is 0.305 e. The van der Waals surface area contributed by atoms with Gasteiger partial charge in [0.2, 0.25) is 17.7 Å². The fourth-order valence-electron chi connectivity index (χ4n) is 8.91. The molecular weight excluding hydrogens is 1100 g/mol. The number of hydrogen-bond acceptors (Lipinski definition) is 9. The van der Waals surface area contributed by atoms with E-state index in [1.807, 2.05) is 6.66 Å². The largest absolute Gasteiger partial charge is 0.481 e. The van der Waals surface area contributed by atoms with Gasteiger partial charge in [-0.1, -0.05) is 220 Å². The Kier molecular flexibility index (Phi) is 60.5. The molecule has 0 saturated carbocycles. The van der Waals surface area contributed by atoms with E-state index >= 15 is 0 Å². The van der Waals surface area contributed by atoms with Crippen molar-refractivity contribution >= 4 is 103 Å². The second-order valence-corrected chi connectivity index (χ2v) is 31.4. The Labute approximate surface area is 503 Å². The minimum atomic E-state index is -2.38. The van der Waals surface area contributed by atoms with Crippen LogP contribution in [0.4, 0.5) is 0 Å². The fourth-order valence-corrected chi connectivity index (χ4v) is 13.7. The average Bonchev–Trinajstić information content (AvgIpc) is 3.44. The maximum absolute atomic E-state index is 12.7. The highest BCUT2D eigenvalue weighted by Crippen LogP contribution is 2.31. The van der Waals surface area contributed by atoms with E-state index in [0.29, 0.717) is 12.8 Å². The summed E-state index contributed by atoms with van der Waals surface area (Å²) in [6, 6.07) is -0.514. The first-order valence-electron chi connectivity index (χ1n) is 33.0. The number of hydrogen-bond donors (Lipinski definition) is 5. The molecular formula is C56H116B4N4O9P4Si2. The van der Waals surface area contributed by atoms with Gasteiger partial charge in [-0.05, 0) is 57.7 Å². The summed E-state index contributed by atoms with van der Waals surface area (Å²) < 4.78 is 65.4. The predicted octanol–water partition coefficient (Wildman–Crippen LogP) is 13.8. The molecule has 23 heteroatoms. The summed E-state index contributed by atoms with van der Waals surface area (Å²) in [4.78, 5) is 47.9. The van der Waals surface area contributed by atoms with E-state index in [9.17, 15) is 28.1 Å². The number of nitrogens with two attached hydrogens (primary N) is 1. The first-order chi connectivity index (χ1) is 39.8. The third-order valence-corrected chi connectivity index (χ3v) is 19.8. The summed E-state index contributed by atoms with van der Waals surface area (Å²) in [6.45, 7) is 12.8. The lowest BCUT2D eigenvalue weighted by Crippen LogP contribution is -2.44. The molecule has 0 saturated heterocycles. The van der Waals surface area contributed by atoms with Crippen molar-refractivity contribution in [2.24, 2.45) is 5.73 Å². The number of rotatable bonds is 57. The molecule has 0 aliphatic rings. The molecule has 0 aliphatic heterocycles. The molecule has 0 aromatic heterocycles. The van der Waals surface area contributed by atoms with E-state index in [2.05, 4.69) is 43.6 Å². The van der Waals surface area contributed by atoms with Gasteiger partial charge < -0.3 is 44.8 Å². The van der Waals surface area contributed by atoms with Crippen LogP contribution in [0, 0.1) is 0 Å². The number of aliphatic carboxylic acids is 1. The lowest BCUT2D eigenvalue weighted by atomic mass is 10.1. The lowest BCUT2D eigenvalue weighted by molar-refractivity contribution is -0.138. The van der Waals surface area contributed by atoms with Gasteiger partial charge >= 0.3 is 5.97 Å². The Bertz CT molecular complexity index is 1590. The summed E-state index contributed by atoms with van der Waals surface area (Å²) in [6.07, 6.45) is 40.8. The van der Waals surface area contributed by atoms with Gasteiger partial charge in [-0.3, -0.25) is 19.2 Å². The molecule has 0 aromatic carbocycles. The third kappa shape index (κ3) is 65.2. The molecule has 454 valence electrons. The van der Waals surface area contributed by atoms with E-state index in [-0.39, 0.29) is 74.0 Å². The number of carbonyl (C=O) groups is 4. The fraction of sp³-hybridized carbons (Fsp3) is 0.929. The first kappa shape index (κ1) is 74.9. The van der Waals surface area contributed by atoms with Crippen LogP contribution >= 0.6 is 32.0 Å². The quantitative estimate of drug-likeness (QED) is 0.0221. The molecule has 6 N–H and O–H groups in total. The van der Waals surface area contributed by atoms with Crippen LogP contribution in [0.5, 0.6) is 0 Å². The SMILES string of the molecule is [2H]P([B][3H])[Si](=O)C[C@@H](CN)NC(=O)CCCCCCCCCCCCC.[2H]P([B][3H])[Si](=O)C[C@@H](CNC(=O)C[C@@H](CCCCCCC)OP([B])C)NC(=O)CCCCCCCCCCCCC.[B]P(C)O[C@H](CCCCCCC)CC(=O)O. The molecule has 13 nitrogen and oxygen atoms in total. The third-order valence-electron chi connectivity index (χ3n) is 13.4. The average molecular weight is 1220 g/mol. The molecule has 79 heavy (non-hydrogen) atoms. The van der Waals surface area contributed by atoms with Crippen molar-refractivity contribution in [1.82, 2.24) is 16.0 Å². The second kappa shape index (κ2) is 63.8. The predicted molar refractivity (Wildman–Crippen MR) is 352 cm³/mol. The van der Waals surface area contributed by atoms with Crippen LogP contribution in [0.3, 0.4) is 0 Å². The molecule has 8 atom stereocenters. The monoisotopic (exact) mass is 1220 g/mol. The smallest absolute Gasteiger partial charge is 0.305 e. The molecule has 3 amide bonds. The van der Waals surface area contributed by atoms with Gasteiger partial charge in [0.05, 0.1) is 27.6 Å². The van der Waals surface area contributed by atoms with Crippen molar-refractivity contribution in [3.63, 3.8) is 0 Å². The highest BCUT2D eigenvalue weighted by atomic mass is 31.3. The first-order valence-corrected chi connectivity index (χ1v) is 41.4. The van der Waals surface area contributed by atoms with Gasteiger partial charge in [0.1, 0.15) is 30.2 Å². The summed E-state index contributed by atoms with van der Waals surface area (Å²) >= 11 is 0. The zero-order valence-corrected chi connectivity index (χ0v) is 56.5. The molecule has 0 fully saturated rings. The van der Waals surface area contributed by atoms with E-state index in [1.165, 1.54) is 148 Å². The number of nitrogens with one attached hydrogen (secondary N) is 3. The Morgan fingerprint density at radius 1 is 0.557 bits per heavy atom. The molecule has 0 aromatic rings. The van der Waals surface area contributed by atoms with Crippen molar-refractivity contribution in [3.8, 4) is 0 Å². The van der Waals surface area contributed by atoms with Crippen molar-refractivity contribution in [2.45, 2.75) is 308 Å². The van der Waals surface area contributed by atoms with Gasteiger partial charge in [-0.25, -0.2) is 0 Å². The highest BCUT2D eigenvalue weighted by Gasteiger charge is 2.21. The topological polar surface area (TPSA) is 203 Å². The van der Waals surface area contributed by atoms with Crippen molar-refractivity contribution in [3.05, 3.63) is 0 Å². The molecule has 0 heterocycles. The van der Waals surface area contributed by atoms with Crippen LogP contribution in [0.1, 0.15) is 272 Å². The van der Waals surface area contributed by atoms with Crippen LogP contribution in [-0.2, 0) is 37.1 Å². The molecule has 0 spiro atoms. The molecule has 0 aliphatic carbocycles. The van der Waals surface area contributed by atoms with Crippen LogP contribution in [0.25, 0.3) is 0 Å². The van der Waals surface area contributed by atoms with Crippen LogP contribution in [0.15, 0.2) is 0 Å². The molecule has 4 unspecified atom stereocenters. The number of carboxylic acids is 1. The zero-order chi connectivity index (χ0) is 62.7. The summed E-state index contributed by atoms with van der Waals surface area (Å²) in [5.41, 5.74) is 5.62. The number of unbranched alkanes of at least 4 members (excludes halogenated alkanes) is 28. The van der Waals surface area contributed by atoms with E-state index < -0.39 is 60.7 Å². The van der Waals surface area contributed by atoms with Crippen molar-refractivity contribution in [1.29, 1.82) is 5.23 Å². The van der Waals surface area contributed by atoms with Crippen LogP contribution in [-0.4, -0.2) is 132 Å². The van der Waals surface area contributed by atoms with Gasteiger partial charge in [0.15, 0.2) is 0 Å². The van der Waals surface area contributed by atoms with E-state index in [1.54, 1.807) is 6.66 Å². The normalized spacial score (nSPS) is 14.7. The molecule has 6 radical (unpaired) electrons. The standard InChI is InChI=1S/C28H57B2N2O4P2Si.C17H37BN2O2PSi.C11H22BO3P/c1-4-6-8-10-11-12-13-14-15-17-19-21-27(33)32-25(24-39(35)37-29)23-31-28(34)22-26(36-38(3)30)20-18-16-9-7-5-2;1-2-3-4-5-6-7-8-9-10-11-12-13-17(21)20-16(14-19)15-24(22)23-18;1-3-4-5-6-7-8-10(9-11(13)14)15-16(2)12/h25-26,29,37H,4-24H2,1-3H3,(H,31,34)(H,32,33);16,18,23H,2-15,19H2,1H3,(H,20,21);10H,3-9H2,1-2H3,(H,13,14)/t25-,26-,37?,38?;16-,23?;10-,16?/m111/s1/i29T,37D;18T,23D;. The number of amides is 3.